The maximum atomic E-state index is 13.0. The Morgan fingerprint density at radius 3 is 2.42 bits per heavy atom. The van der Waals surface area contributed by atoms with E-state index in [0.29, 0.717) is 36.3 Å². The Morgan fingerprint density at radius 2 is 1.77 bits per heavy atom. The first-order valence-corrected chi connectivity index (χ1v) is 11.7. The van der Waals surface area contributed by atoms with Crippen LogP contribution in [-0.4, -0.2) is 48.1 Å². The molecule has 0 spiro atoms. The lowest BCUT2D eigenvalue weighted by molar-refractivity contribution is 0.0708. The third kappa shape index (κ3) is 4.60. The topological polar surface area (TPSA) is 64.5 Å². The minimum Gasteiger partial charge on any atom is -0.481 e. The van der Waals surface area contributed by atoms with Gasteiger partial charge in [-0.3, -0.25) is 4.79 Å². The molecule has 0 aliphatic carbocycles. The number of piperidine rings is 1. The van der Waals surface area contributed by atoms with E-state index in [1.807, 2.05) is 17.0 Å². The first-order chi connectivity index (χ1) is 15.0. The lowest BCUT2D eigenvalue weighted by Crippen LogP contribution is -2.38. The molecular formula is C23H24BrN3O3S. The van der Waals surface area contributed by atoms with E-state index in [-0.39, 0.29) is 5.91 Å². The summed E-state index contributed by atoms with van der Waals surface area (Å²) in [6.07, 6.45) is 1.79. The largest absolute Gasteiger partial charge is 0.481 e. The maximum Gasteiger partial charge on any atom is 0.259 e. The molecule has 0 saturated carbocycles. The van der Waals surface area contributed by atoms with Gasteiger partial charge >= 0.3 is 0 Å². The Hall–Kier alpha value is -2.45. The fraction of sp³-hybridized carbons (Fsp3) is 0.348. The van der Waals surface area contributed by atoms with Crippen molar-refractivity contribution in [3.63, 3.8) is 0 Å². The minimum atomic E-state index is -0.0590. The minimum absolute atomic E-state index is 0.0590. The number of methoxy groups -OCH3 is 2. The number of carbonyl (C=O) groups is 1. The normalized spacial score (nSPS) is 14.5. The number of amides is 1. The van der Waals surface area contributed by atoms with Crippen LogP contribution in [0.3, 0.4) is 0 Å². The van der Waals surface area contributed by atoms with Gasteiger partial charge in [0.15, 0.2) is 0 Å². The Balaban J connectivity index is 1.45. The first-order valence-electron chi connectivity index (χ1n) is 10.1. The number of pyridine rings is 1. The van der Waals surface area contributed by atoms with Crippen molar-refractivity contribution in [3.8, 4) is 23.0 Å². The lowest BCUT2D eigenvalue weighted by Gasteiger charge is -2.31. The van der Waals surface area contributed by atoms with E-state index >= 15 is 0 Å². The van der Waals surface area contributed by atoms with Crippen molar-refractivity contribution in [2.45, 2.75) is 25.7 Å². The van der Waals surface area contributed by atoms with E-state index in [1.54, 1.807) is 23.5 Å². The molecule has 2 aromatic heterocycles. The van der Waals surface area contributed by atoms with Gasteiger partial charge in [0.1, 0.15) is 5.56 Å². The van der Waals surface area contributed by atoms with Gasteiger partial charge in [-0.15, -0.1) is 11.3 Å². The quantitative estimate of drug-likeness (QED) is 0.473. The second-order valence-electron chi connectivity index (χ2n) is 7.44. The van der Waals surface area contributed by atoms with E-state index in [9.17, 15) is 4.79 Å². The van der Waals surface area contributed by atoms with Gasteiger partial charge in [-0.2, -0.15) is 4.98 Å². The number of thiazole rings is 1. The fourth-order valence-electron chi connectivity index (χ4n) is 3.82. The molecule has 1 saturated heterocycles. The zero-order valence-corrected chi connectivity index (χ0v) is 20.1. The lowest BCUT2D eigenvalue weighted by atomic mass is 9.97. The van der Waals surface area contributed by atoms with Gasteiger partial charge in [0.2, 0.25) is 11.8 Å². The molecule has 1 aliphatic heterocycles. The third-order valence-corrected chi connectivity index (χ3v) is 7.19. The summed E-state index contributed by atoms with van der Waals surface area (Å²) >= 11 is 5.25. The van der Waals surface area contributed by atoms with Crippen molar-refractivity contribution in [1.82, 2.24) is 14.9 Å². The highest BCUT2D eigenvalue weighted by molar-refractivity contribution is 9.10. The van der Waals surface area contributed by atoms with E-state index in [4.69, 9.17) is 14.5 Å². The molecule has 0 radical (unpaired) electrons. The number of carbonyl (C=O) groups excluding carboxylic acids is 1. The van der Waals surface area contributed by atoms with Crippen LogP contribution in [0.2, 0.25) is 0 Å². The van der Waals surface area contributed by atoms with E-state index in [0.717, 1.165) is 33.6 Å². The average molecular weight is 502 g/mol. The second kappa shape index (κ2) is 9.36. The smallest absolute Gasteiger partial charge is 0.259 e. The van der Waals surface area contributed by atoms with Crippen LogP contribution in [0, 0.1) is 6.92 Å². The van der Waals surface area contributed by atoms with E-state index in [2.05, 4.69) is 40.0 Å². The highest BCUT2D eigenvalue weighted by Crippen LogP contribution is 2.36. The summed E-state index contributed by atoms with van der Waals surface area (Å²) < 4.78 is 11.5. The highest BCUT2D eigenvalue weighted by Gasteiger charge is 2.29. The number of benzene rings is 1. The highest BCUT2D eigenvalue weighted by atomic mass is 79.9. The number of aromatic nitrogens is 2. The van der Waals surface area contributed by atoms with Crippen molar-refractivity contribution in [1.29, 1.82) is 0 Å². The number of hydrogen-bond acceptors (Lipinski definition) is 6. The number of halogens is 1. The monoisotopic (exact) mass is 501 g/mol. The second-order valence-corrected chi connectivity index (χ2v) is 9.59. The predicted octanol–water partition coefficient (Wildman–Crippen LogP) is 5.31. The molecule has 3 heterocycles. The Labute approximate surface area is 194 Å². The number of ether oxygens (including phenoxy) is 2. The standard InChI is InChI=1S/C23H24BrN3O3S/c1-14-20(15-4-6-17(24)7-5-15)26-22(31-14)16-10-12-27(13-11-16)23(28)18-8-9-19(29-2)25-21(18)30-3/h4-9,16H,10-13H2,1-3H3. The van der Waals surface area contributed by atoms with Crippen LogP contribution in [0.1, 0.15) is 39.0 Å². The molecule has 6 nitrogen and oxygen atoms in total. The van der Waals surface area contributed by atoms with Crippen LogP contribution in [-0.2, 0) is 0 Å². The SMILES string of the molecule is COc1ccc(C(=O)N2CCC(c3nc(-c4ccc(Br)cc4)c(C)s3)CC2)c(OC)n1. The molecule has 0 N–H and O–H groups in total. The number of aryl methyl sites for hydroxylation is 1. The fourth-order valence-corrected chi connectivity index (χ4v) is 5.20. The molecule has 4 rings (SSSR count). The van der Waals surface area contributed by atoms with Gasteiger partial charge in [-0.05, 0) is 38.0 Å². The van der Waals surface area contributed by atoms with E-state index in [1.165, 1.54) is 19.1 Å². The summed E-state index contributed by atoms with van der Waals surface area (Å²) in [4.78, 5) is 25.3. The Morgan fingerprint density at radius 1 is 1.06 bits per heavy atom. The summed E-state index contributed by atoms with van der Waals surface area (Å²) in [5.74, 6) is 1.03. The number of nitrogens with zero attached hydrogens (tertiary/aromatic N) is 3. The molecule has 3 aromatic rings. The van der Waals surface area contributed by atoms with Crippen molar-refractivity contribution in [3.05, 3.63) is 56.3 Å². The van der Waals surface area contributed by atoms with Crippen LogP contribution < -0.4 is 9.47 Å². The molecule has 1 aliphatic rings. The van der Waals surface area contributed by atoms with Crippen LogP contribution in [0.4, 0.5) is 0 Å². The van der Waals surface area contributed by atoms with Crippen LogP contribution in [0.5, 0.6) is 11.8 Å². The Bertz CT molecular complexity index is 1080. The van der Waals surface area contributed by atoms with Crippen molar-refractivity contribution in [2.75, 3.05) is 27.3 Å². The Kier molecular flexibility index (Phi) is 6.57. The zero-order valence-electron chi connectivity index (χ0n) is 17.7. The molecule has 1 fully saturated rings. The molecule has 0 unspecified atom stereocenters. The molecule has 31 heavy (non-hydrogen) atoms. The molecule has 0 bridgehead atoms. The molecule has 1 amide bonds. The van der Waals surface area contributed by atoms with Crippen molar-refractivity contribution >= 4 is 33.2 Å². The molecule has 0 atom stereocenters. The number of likely N-dealkylation sites (tertiary alicyclic amines) is 1. The molecule has 8 heteroatoms. The summed E-state index contributed by atoms with van der Waals surface area (Å²) in [6, 6.07) is 11.7. The first kappa shape index (κ1) is 21.8. The molecular weight excluding hydrogens is 478 g/mol. The van der Waals surface area contributed by atoms with Crippen LogP contribution >= 0.6 is 27.3 Å². The van der Waals surface area contributed by atoms with Gasteiger partial charge < -0.3 is 14.4 Å². The van der Waals surface area contributed by atoms with Gasteiger partial charge in [0, 0.05) is 40.0 Å². The third-order valence-electron chi connectivity index (χ3n) is 5.53. The summed E-state index contributed by atoms with van der Waals surface area (Å²) in [5, 5.41) is 1.16. The van der Waals surface area contributed by atoms with Gasteiger partial charge in [-0.25, -0.2) is 4.98 Å². The molecule has 162 valence electrons. The average Bonchev–Trinajstić information content (AvgIpc) is 3.20. The van der Waals surface area contributed by atoms with Gasteiger partial charge in [0.25, 0.3) is 5.91 Å². The predicted molar refractivity (Wildman–Crippen MR) is 125 cm³/mol. The summed E-state index contributed by atoms with van der Waals surface area (Å²) in [7, 11) is 3.05. The van der Waals surface area contributed by atoms with Crippen LogP contribution in [0.15, 0.2) is 40.9 Å². The van der Waals surface area contributed by atoms with Crippen LogP contribution in [0.25, 0.3) is 11.3 Å². The molecule has 1 aromatic carbocycles. The van der Waals surface area contributed by atoms with Crippen molar-refractivity contribution < 1.29 is 14.3 Å². The summed E-state index contributed by atoms with van der Waals surface area (Å²) in [5.41, 5.74) is 2.65. The number of rotatable bonds is 5. The van der Waals surface area contributed by atoms with Gasteiger partial charge in [0.05, 0.1) is 24.9 Å². The maximum absolute atomic E-state index is 13.0. The number of hydrogen-bond donors (Lipinski definition) is 0. The van der Waals surface area contributed by atoms with Gasteiger partial charge in [-0.1, -0.05) is 28.1 Å². The van der Waals surface area contributed by atoms with Crippen molar-refractivity contribution in [2.24, 2.45) is 0 Å². The zero-order chi connectivity index (χ0) is 22.0. The van der Waals surface area contributed by atoms with E-state index < -0.39 is 0 Å². The summed E-state index contributed by atoms with van der Waals surface area (Å²) in [6.45, 7) is 3.50.